The minimum absolute atomic E-state index is 0.133. The first-order valence-corrected chi connectivity index (χ1v) is 10.5. The fourth-order valence-electron chi connectivity index (χ4n) is 3.67. The number of esters is 1. The first-order valence-electron chi connectivity index (χ1n) is 10.5. The van der Waals surface area contributed by atoms with Crippen molar-refractivity contribution < 1.29 is 14.3 Å². The summed E-state index contributed by atoms with van der Waals surface area (Å²) in [6, 6.07) is 9.54. The largest absolute Gasteiger partial charge is 0.447 e. The predicted molar refractivity (Wildman–Crippen MR) is 116 cm³/mol. The van der Waals surface area contributed by atoms with E-state index in [-0.39, 0.29) is 5.82 Å². The van der Waals surface area contributed by atoms with Crippen LogP contribution in [0.1, 0.15) is 48.2 Å². The van der Waals surface area contributed by atoms with Crippen molar-refractivity contribution in [1.82, 2.24) is 19.6 Å². The monoisotopic (exact) mass is 422 g/mol. The van der Waals surface area contributed by atoms with Gasteiger partial charge in [-0.25, -0.2) is 14.3 Å². The van der Waals surface area contributed by atoms with Crippen molar-refractivity contribution in [2.45, 2.75) is 46.1 Å². The maximum atomic E-state index is 12.5. The van der Waals surface area contributed by atoms with Crippen molar-refractivity contribution in [2.24, 2.45) is 0 Å². The average Bonchev–Trinajstić information content (AvgIpc) is 3.19. The number of aryl methyl sites for hydroxylation is 2. The molecule has 9 nitrogen and oxygen atoms in total. The highest BCUT2D eigenvalue weighted by molar-refractivity contribution is 5.96. The molecule has 4 rings (SSSR count). The third-order valence-corrected chi connectivity index (χ3v) is 5.31. The van der Waals surface area contributed by atoms with Crippen LogP contribution in [0, 0.1) is 13.8 Å². The highest BCUT2D eigenvalue weighted by atomic mass is 16.5. The number of piperidine rings is 1. The van der Waals surface area contributed by atoms with Gasteiger partial charge >= 0.3 is 5.97 Å². The quantitative estimate of drug-likeness (QED) is 0.631. The zero-order valence-electron chi connectivity index (χ0n) is 18.0. The number of rotatable bonds is 5. The fourth-order valence-corrected chi connectivity index (χ4v) is 3.67. The normalized spacial score (nSPS) is 15.0. The number of amides is 1. The summed E-state index contributed by atoms with van der Waals surface area (Å²) in [5.74, 6) is -1.01. The van der Waals surface area contributed by atoms with E-state index in [0.717, 1.165) is 30.2 Å². The van der Waals surface area contributed by atoms with E-state index in [4.69, 9.17) is 4.74 Å². The molecule has 0 radical (unpaired) electrons. The SMILES string of the molecule is Cc1cc(C)n2nc(C(=O)O[C@@H](C)C(=O)Nc3ccc(N4CCCCC4)cc3)nc2n1. The van der Waals surface area contributed by atoms with E-state index >= 15 is 0 Å². The highest BCUT2D eigenvalue weighted by Gasteiger charge is 2.23. The van der Waals surface area contributed by atoms with Crippen LogP contribution in [0.25, 0.3) is 5.78 Å². The molecular formula is C22H26N6O3. The van der Waals surface area contributed by atoms with E-state index in [1.54, 1.807) is 0 Å². The number of benzene rings is 1. The molecule has 0 spiro atoms. The molecule has 0 saturated carbocycles. The van der Waals surface area contributed by atoms with Crippen molar-refractivity contribution in [1.29, 1.82) is 0 Å². The maximum absolute atomic E-state index is 12.5. The smallest absolute Gasteiger partial charge is 0.379 e. The summed E-state index contributed by atoms with van der Waals surface area (Å²) in [6.07, 6.45) is 2.69. The Morgan fingerprint density at radius 3 is 2.48 bits per heavy atom. The van der Waals surface area contributed by atoms with E-state index in [0.29, 0.717) is 11.5 Å². The molecule has 0 aliphatic carbocycles. The lowest BCUT2D eigenvalue weighted by Crippen LogP contribution is -2.30. The van der Waals surface area contributed by atoms with Gasteiger partial charge in [-0.1, -0.05) is 0 Å². The van der Waals surface area contributed by atoms with Crippen molar-refractivity contribution in [3.63, 3.8) is 0 Å². The summed E-state index contributed by atoms with van der Waals surface area (Å²) in [6.45, 7) is 7.32. The summed E-state index contributed by atoms with van der Waals surface area (Å²) in [7, 11) is 0. The molecule has 1 N–H and O–H groups in total. The van der Waals surface area contributed by atoms with E-state index in [1.165, 1.54) is 30.7 Å². The van der Waals surface area contributed by atoms with Gasteiger partial charge in [-0.05, 0) is 70.4 Å². The molecule has 3 aromatic rings. The second-order valence-corrected chi connectivity index (χ2v) is 7.82. The molecule has 0 bridgehead atoms. The average molecular weight is 422 g/mol. The number of carbonyl (C=O) groups is 2. The van der Waals surface area contributed by atoms with Crippen LogP contribution in [0.2, 0.25) is 0 Å². The molecule has 1 amide bonds. The van der Waals surface area contributed by atoms with Gasteiger partial charge in [0.15, 0.2) is 6.10 Å². The van der Waals surface area contributed by atoms with Gasteiger partial charge in [0, 0.05) is 35.9 Å². The molecule has 162 valence electrons. The number of hydrogen-bond acceptors (Lipinski definition) is 7. The molecule has 1 atom stereocenters. The number of ether oxygens (including phenoxy) is 1. The summed E-state index contributed by atoms with van der Waals surface area (Å²) in [5.41, 5.74) is 3.37. The number of hydrogen-bond donors (Lipinski definition) is 1. The molecule has 0 unspecified atom stereocenters. The maximum Gasteiger partial charge on any atom is 0.379 e. The summed E-state index contributed by atoms with van der Waals surface area (Å²) in [5, 5.41) is 6.91. The molecular weight excluding hydrogens is 396 g/mol. The first kappa shape index (κ1) is 20.8. The lowest BCUT2D eigenvalue weighted by atomic mass is 10.1. The van der Waals surface area contributed by atoms with Gasteiger partial charge in [0.1, 0.15) is 0 Å². The summed E-state index contributed by atoms with van der Waals surface area (Å²) < 4.78 is 6.73. The van der Waals surface area contributed by atoms with Crippen LogP contribution < -0.4 is 10.2 Å². The standard InChI is InChI=1S/C22H26N6O3/c1-14-13-15(2)28-22(23-14)25-19(26-28)21(30)31-16(3)20(29)24-17-7-9-18(10-8-17)27-11-5-4-6-12-27/h7-10,13,16H,4-6,11-12H2,1-3H3,(H,24,29)/t16-/m0/s1. The minimum Gasteiger partial charge on any atom is -0.447 e. The first-order chi connectivity index (χ1) is 14.9. The second-order valence-electron chi connectivity index (χ2n) is 7.82. The molecule has 3 heterocycles. The van der Waals surface area contributed by atoms with Gasteiger partial charge in [-0.2, -0.15) is 4.98 Å². The minimum atomic E-state index is -1.00. The van der Waals surface area contributed by atoms with Crippen molar-refractivity contribution in [2.75, 3.05) is 23.3 Å². The Kier molecular flexibility index (Phi) is 5.83. The Morgan fingerprint density at radius 2 is 1.77 bits per heavy atom. The number of fused-ring (bicyclic) bond motifs is 1. The second kappa shape index (κ2) is 8.71. The van der Waals surface area contributed by atoms with E-state index < -0.39 is 18.0 Å². The van der Waals surface area contributed by atoms with Gasteiger partial charge in [0.2, 0.25) is 0 Å². The molecule has 31 heavy (non-hydrogen) atoms. The lowest BCUT2D eigenvalue weighted by molar-refractivity contribution is -0.123. The topological polar surface area (TPSA) is 102 Å². The third kappa shape index (κ3) is 4.65. The molecule has 1 aliphatic rings. The van der Waals surface area contributed by atoms with Crippen molar-refractivity contribution >= 4 is 29.0 Å². The number of nitrogens with zero attached hydrogens (tertiary/aromatic N) is 5. The van der Waals surface area contributed by atoms with Crippen LogP contribution in [0.5, 0.6) is 0 Å². The van der Waals surface area contributed by atoms with Gasteiger partial charge in [-0.3, -0.25) is 4.79 Å². The Hall–Kier alpha value is -3.49. The fraction of sp³-hybridized carbons (Fsp3) is 0.409. The zero-order valence-corrected chi connectivity index (χ0v) is 18.0. The number of nitrogens with one attached hydrogen (secondary N) is 1. The zero-order chi connectivity index (χ0) is 22.0. The van der Waals surface area contributed by atoms with Gasteiger partial charge in [0.05, 0.1) is 0 Å². The lowest BCUT2D eigenvalue weighted by Gasteiger charge is -2.28. The van der Waals surface area contributed by atoms with Gasteiger partial charge in [0.25, 0.3) is 17.5 Å². The third-order valence-electron chi connectivity index (χ3n) is 5.31. The molecule has 1 saturated heterocycles. The van der Waals surface area contributed by atoms with Crippen molar-refractivity contribution in [3.05, 3.63) is 47.5 Å². The van der Waals surface area contributed by atoms with E-state index in [2.05, 4.69) is 25.3 Å². The number of anilines is 2. The van der Waals surface area contributed by atoms with Crippen LogP contribution in [0.4, 0.5) is 11.4 Å². The molecule has 1 fully saturated rings. The van der Waals surface area contributed by atoms with Crippen LogP contribution in [-0.2, 0) is 9.53 Å². The molecule has 2 aromatic heterocycles. The molecule has 9 heteroatoms. The van der Waals surface area contributed by atoms with Crippen molar-refractivity contribution in [3.8, 4) is 0 Å². The predicted octanol–water partition coefficient (Wildman–Crippen LogP) is 2.92. The Morgan fingerprint density at radius 1 is 1.06 bits per heavy atom. The Labute approximate surface area is 180 Å². The van der Waals surface area contributed by atoms with E-state index in [9.17, 15) is 9.59 Å². The van der Waals surface area contributed by atoms with Gasteiger partial charge < -0.3 is 15.0 Å². The van der Waals surface area contributed by atoms with Gasteiger partial charge in [-0.15, -0.1) is 5.10 Å². The van der Waals surface area contributed by atoms with Crippen LogP contribution >= 0.6 is 0 Å². The Balaban J connectivity index is 1.37. The summed E-state index contributed by atoms with van der Waals surface area (Å²) in [4.78, 5) is 35.6. The highest BCUT2D eigenvalue weighted by Crippen LogP contribution is 2.22. The molecule has 1 aromatic carbocycles. The summed E-state index contributed by atoms with van der Waals surface area (Å²) >= 11 is 0. The van der Waals surface area contributed by atoms with Crippen LogP contribution in [0.3, 0.4) is 0 Å². The molecule has 1 aliphatic heterocycles. The number of carbonyl (C=O) groups excluding carboxylic acids is 2. The van der Waals surface area contributed by atoms with Crippen LogP contribution in [-0.4, -0.2) is 50.7 Å². The van der Waals surface area contributed by atoms with E-state index in [1.807, 2.05) is 44.2 Å². The van der Waals surface area contributed by atoms with Crippen LogP contribution in [0.15, 0.2) is 30.3 Å². The Bertz CT molecular complexity index is 1100. The number of aromatic nitrogens is 4.